The topological polar surface area (TPSA) is 60.0 Å². The third kappa shape index (κ3) is 5.05. The Labute approximate surface area is 179 Å². The molecule has 30 heavy (non-hydrogen) atoms. The van der Waals surface area contributed by atoms with Crippen LogP contribution in [0.2, 0.25) is 0 Å². The molecule has 1 N–H and O–H groups in total. The third-order valence-corrected chi connectivity index (χ3v) is 5.74. The van der Waals surface area contributed by atoms with Gasteiger partial charge in [-0.3, -0.25) is 4.79 Å². The SMILES string of the molecule is COc1cc(C(C)C(=O)NC(CN2CCCC2)c2ccccc2)cc(OC)c1OC. The number of rotatable bonds is 9. The Morgan fingerprint density at radius 3 is 2.10 bits per heavy atom. The van der Waals surface area contributed by atoms with E-state index in [0.717, 1.165) is 30.8 Å². The van der Waals surface area contributed by atoms with E-state index in [1.165, 1.54) is 12.8 Å². The minimum absolute atomic E-state index is 0.0303. The van der Waals surface area contributed by atoms with Crippen molar-refractivity contribution in [1.29, 1.82) is 0 Å². The van der Waals surface area contributed by atoms with Crippen molar-refractivity contribution in [1.82, 2.24) is 10.2 Å². The molecule has 162 valence electrons. The maximum absolute atomic E-state index is 13.2. The summed E-state index contributed by atoms with van der Waals surface area (Å²) >= 11 is 0. The molecule has 6 nitrogen and oxygen atoms in total. The van der Waals surface area contributed by atoms with Crippen molar-refractivity contribution < 1.29 is 19.0 Å². The zero-order chi connectivity index (χ0) is 21.5. The molecule has 0 radical (unpaired) electrons. The first-order valence-corrected chi connectivity index (χ1v) is 10.4. The van der Waals surface area contributed by atoms with Gasteiger partial charge in [0.1, 0.15) is 0 Å². The van der Waals surface area contributed by atoms with Crippen LogP contribution in [-0.2, 0) is 4.79 Å². The van der Waals surface area contributed by atoms with Crippen molar-refractivity contribution in [3.63, 3.8) is 0 Å². The normalized spacial score (nSPS) is 16.0. The maximum Gasteiger partial charge on any atom is 0.227 e. The van der Waals surface area contributed by atoms with Gasteiger partial charge in [0.25, 0.3) is 0 Å². The highest BCUT2D eigenvalue weighted by Gasteiger charge is 2.25. The molecule has 0 aliphatic carbocycles. The zero-order valence-electron chi connectivity index (χ0n) is 18.3. The molecule has 1 amide bonds. The van der Waals surface area contributed by atoms with E-state index in [-0.39, 0.29) is 17.9 Å². The van der Waals surface area contributed by atoms with Crippen LogP contribution in [0.25, 0.3) is 0 Å². The molecule has 2 aromatic rings. The number of nitrogens with one attached hydrogen (secondary N) is 1. The fourth-order valence-corrected chi connectivity index (χ4v) is 3.94. The van der Waals surface area contributed by atoms with E-state index in [1.54, 1.807) is 21.3 Å². The second kappa shape index (κ2) is 10.3. The summed E-state index contributed by atoms with van der Waals surface area (Å²) in [5, 5.41) is 3.27. The van der Waals surface area contributed by atoms with E-state index >= 15 is 0 Å². The molecule has 1 heterocycles. The van der Waals surface area contributed by atoms with Crippen molar-refractivity contribution in [2.75, 3.05) is 41.0 Å². The molecule has 1 aliphatic rings. The largest absolute Gasteiger partial charge is 0.493 e. The molecule has 1 fully saturated rings. The Balaban J connectivity index is 1.81. The summed E-state index contributed by atoms with van der Waals surface area (Å²) in [5.74, 6) is 1.21. The molecule has 2 aromatic carbocycles. The lowest BCUT2D eigenvalue weighted by molar-refractivity contribution is -0.123. The van der Waals surface area contributed by atoms with Gasteiger partial charge in [0.2, 0.25) is 11.7 Å². The van der Waals surface area contributed by atoms with Crippen LogP contribution in [0.1, 0.15) is 42.9 Å². The van der Waals surface area contributed by atoms with Gasteiger partial charge in [-0.2, -0.15) is 0 Å². The van der Waals surface area contributed by atoms with Crippen LogP contribution in [0.4, 0.5) is 0 Å². The van der Waals surface area contributed by atoms with Gasteiger partial charge in [0.05, 0.1) is 33.3 Å². The molecule has 2 atom stereocenters. The fourth-order valence-electron chi connectivity index (χ4n) is 3.94. The van der Waals surface area contributed by atoms with E-state index < -0.39 is 0 Å². The van der Waals surface area contributed by atoms with Gasteiger partial charge < -0.3 is 24.4 Å². The lowest BCUT2D eigenvalue weighted by Gasteiger charge is -2.26. The van der Waals surface area contributed by atoms with Crippen molar-refractivity contribution in [3.05, 3.63) is 53.6 Å². The van der Waals surface area contributed by atoms with Crippen LogP contribution in [0.3, 0.4) is 0 Å². The molecular weight excluding hydrogens is 380 g/mol. The number of amides is 1. The van der Waals surface area contributed by atoms with Crippen molar-refractivity contribution in [2.24, 2.45) is 0 Å². The molecule has 1 aliphatic heterocycles. The van der Waals surface area contributed by atoms with Gasteiger partial charge in [-0.05, 0) is 56.1 Å². The average Bonchev–Trinajstić information content (AvgIpc) is 3.30. The van der Waals surface area contributed by atoms with Crippen molar-refractivity contribution in [2.45, 2.75) is 31.7 Å². The summed E-state index contributed by atoms with van der Waals surface area (Å²) in [6, 6.07) is 13.8. The van der Waals surface area contributed by atoms with Crippen LogP contribution in [0.5, 0.6) is 17.2 Å². The van der Waals surface area contributed by atoms with E-state index in [0.29, 0.717) is 17.2 Å². The number of ether oxygens (including phenoxy) is 3. The smallest absolute Gasteiger partial charge is 0.227 e. The molecule has 6 heteroatoms. The van der Waals surface area contributed by atoms with Gasteiger partial charge in [-0.25, -0.2) is 0 Å². The first kappa shape index (κ1) is 22.0. The predicted octanol–water partition coefficient (Wildman–Crippen LogP) is 3.77. The number of methoxy groups -OCH3 is 3. The highest BCUT2D eigenvalue weighted by atomic mass is 16.5. The first-order chi connectivity index (χ1) is 14.6. The quantitative estimate of drug-likeness (QED) is 0.679. The Hall–Kier alpha value is -2.73. The second-order valence-electron chi connectivity index (χ2n) is 7.66. The van der Waals surface area contributed by atoms with Crippen LogP contribution in [0, 0.1) is 0 Å². The summed E-state index contributed by atoms with van der Waals surface area (Å²) in [6.45, 7) is 4.88. The molecule has 2 unspecified atom stereocenters. The number of nitrogens with zero attached hydrogens (tertiary/aromatic N) is 1. The molecule has 0 spiro atoms. The number of hydrogen-bond acceptors (Lipinski definition) is 5. The molecule has 0 aromatic heterocycles. The van der Waals surface area contributed by atoms with E-state index in [1.807, 2.05) is 37.3 Å². The van der Waals surface area contributed by atoms with Gasteiger partial charge in [-0.15, -0.1) is 0 Å². The second-order valence-corrected chi connectivity index (χ2v) is 7.66. The van der Waals surface area contributed by atoms with Gasteiger partial charge in [0.15, 0.2) is 11.5 Å². The molecule has 0 bridgehead atoms. The van der Waals surface area contributed by atoms with Crippen LogP contribution < -0.4 is 19.5 Å². The summed E-state index contributed by atoms with van der Waals surface area (Å²) in [5.41, 5.74) is 1.94. The van der Waals surface area contributed by atoms with E-state index in [9.17, 15) is 4.79 Å². The predicted molar refractivity (Wildman–Crippen MR) is 118 cm³/mol. The zero-order valence-corrected chi connectivity index (χ0v) is 18.3. The van der Waals surface area contributed by atoms with Gasteiger partial charge in [-0.1, -0.05) is 30.3 Å². The van der Waals surface area contributed by atoms with Gasteiger partial charge in [0, 0.05) is 6.54 Å². The standard InChI is InChI=1S/C24H32N2O4/c1-17(19-14-21(28-2)23(30-4)22(15-19)29-3)24(27)25-20(16-26-12-8-9-13-26)18-10-6-5-7-11-18/h5-7,10-11,14-15,17,20H,8-9,12-13,16H2,1-4H3,(H,25,27). The fraction of sp³-hybridized carbons (Fsp3) is 0.458. The number of carbonyl (C=O) groups is 1. The Bertz CT molecular complexity index is 809. The average molecular weight is 413 g/mol. The Kier molecular flexibility index (Phi) is 7.57. The van der Waals surface area contributed by atoms with Crippen molar-refractivity contribution >= 4 is 5.91 Å². The molecular formula is C24H32N2O4. The Morgan fingerprint density at radius 1 is 0.967 bits per heavy atom. The first-order valence-electron chi connectivity index (χ1n) is 10.4. The minimum Gasteiger partial charge on any atom is -0.493 e. The minimum atomic E-state index is -0.372. The number of hydrogen-bond donors (Lipinski definition) is 1. The highest BCUT2D eigenvalue weighted by Crippen LogP contribution is 2.40. The van der Waals surface area contributed by atoms with Crippen LogP contribution >= 0.6 is 0 Å². The van der Waals surface area contributed by atoms with Gasteiger partial charge >= 0.3 is 0 Å². The summed E-state index contributed by atoms with van der Waals surface area (Å²) in [7, 11) is 4.72. The molecule has 1 saturated heterocycles. The lowest BCUT2D eigenvalue weighted by Crippen LogP contribution is -2.38. The lowest BCUT2D eigenvalue weighted by atomic mass is 9.97. The van der Waals surface area contributed by atoms with E-state index in [2.05, 4.69) is 22.3 Å². The summed E-state index contributed by atoms with van der Waals surface area (Å²) < 4.78 is 16.3. The van der Waals surface area contributed by atoms with E-state index in [4.69, 9.17) is 14.2 Å². The van der Waals surface area contributed by atoms with Crippen LogP contribution in [0.15, 0.2) is 42.5 Å². The number of likely N-dealkylation sites (tertiary alicyclic amines) is 1. The summed E-state index contributed by atoms with van der Waals surface area (Å²) in [6.07, 6.45) is 2.44. The number of carbonyl (C=O) groups excluding carboxylic acids is 1. The molecule has 0 saturated carbocycles. The molecule has 3 rings (SSSR count). The van der Waals surface area contributed by atoms with Crippen LogP contribution in [-0.4, -0.2) is 51.8 Å². The summed E-state index contributed by atoms with van der Waals surface area (Å²) in [4.78, 5) is 15.6. The van der Waals surface area contributed by atoms with Crippen molar-refractivity contribution in [3.8, 4) is 17.2 Å². The maximum atomic E-state index is 13.2. The highest BCUT2D eigenvalue weighted by molar-refractivity contribution is 5.84. The Morgan fingerprint density at radius 2 is 1.57 bits per heavy atom. The number of benzene rings is 2. The monoisotopic (exact) mass is 412 g/mol. The third-order valence-electron chi connectivity index (χ3n) is 5.74.